The number of methoxy groups -OCH3 is 1. The van der Waals surface area contributed by atoms with Crippen LogP contribution in [0.5, 0.6) is 5.75 Å². The predicted molar refractivity (Wildman–Crippen MR) is 140 cm³/mol. The molecule has 4 aromatic carbocycles. The lowest BCUT2D eigenvalue weighted by atomic mass is 9.96. The van der Waals surface area contributed by atoms with Gasteiger partial charge in [0.25, 0.3) is 0 Å². The summed E-state index contributed by atoms with van der Waals surface area (Å²) >= 11 is 0. The molecule has 0 spiro atoms. The molecule has 1 aromatic heterocycles. The molecule has 1 heterocycles. The van der Waals surface area contributed by atoms with Crippen LogP contribution in [-0.2, 0) is 16.2 Å². The summed E-state index contributed by atoms with van der Waals surface area (Å²) < 4.78 is 105. The van der Waals surface area contributed by atoms with Crippen molar-refractivity contribution in [2.24, 2.45) is 0 Å². The van der Waals surface area contributed by atoms with Crippen molar-refractivity contribution in [1.82, 2.24) is 4.98 Å². The number of fused-ring (bicyclic) bond motifs is 1. The molecule has 40 heavy (non-hydrogen) atoms. The Balaban J connectivity index is 1.56. The van der Waals surface area contributed by atoms with Gasteiger partial charge in [-0.2, -0.15) is 13.2 Å². The average molecular weight is 575 g/mol. The van der Waals surface area contributed by atoms with Crippen LogP contribution in [0.15, 0.2) is 77.2 Å². The number of benzene rings is 4. The Morgan fingerprint density at radius 3 is 2.20 bits per heavy atom. The van der Waals surface area contributed by atoms with Gasteiger partial charge in [-0.25, -0.2) is 22.2 Å². The first-order chi connectivity index (χ1) is 18.8. The van der Waals surface area contributed by atoms with Gasteiger partial charge in [-0.05, 0) is 47.5 Å². The first-order valence-corrected chi connectivity index (χ1v) is 13.5. The highest BCUT2D eigenvalue weighted by Gasteiger charge is 2.35. The molecular weight excluding hydrogens is 555 g/mol. The number of anilines is 1. The van der Waals surface area contributed by atoms with Crippen molar-refractivity contribution in [3.05, 3.63) is 90.0 Å². The standard InChI is InChI=1S/C28H19F5N2O4S/c1-38-25-13-22(29)19(15-6-8-18(9-7-15)35-40(2,36)37)11-20(25)16-4-3-5-17(10-16)27-34-24-12-21(28(31,32)33)23(30)14-26(24)39-27/h3-14,35H,1-2H3. The highest BCUT2D eigenvalue weighted by Crippen LogP contribution is 2.39. The third-order valence-corrected chi connectivity index (χ3v) is 6.60. The van der Waals surface area contributed by atoms with E-state index in [0.717, 1.165) is 6.26 Å². The topological polar surface area (TPSA) is 81.4 Å². The molecule has 1 N–H and O–H groups in total. The number of nitrogens with one attached hydrogen (secondary N) is 1. The van der Waals surface area contributed by atoms with Crippen molar-refractivity contribution in [3.63, 3.8) is 0 Å². The fraction of sp³-hybridized carbons (Fsp3) is 0.107. The minimum Gasteiger partial charge on any atom is -0.496 e. The zero-order valence-corrected chi connectivity index (χ0v) is 21.6. The largest absolute Gasteiger partial charge is 0.496 e. The van der Waals surface area contributed by atoms with E-state index in [1.165, 1.54) is 25.3 Å². The van der Waals surface area contributed by atoms with E-state index in [1.807, 2.05) is 0 Å². The van der Waals surface area contributed by atoms with E-state index in [-0.39, 0.29) is 28.3 Å². The molecule has 0 fully saturated rings. The van der Waals surface area contributed by atoms with Gasteiger partial charge in [-0.1, -0.05) is 24.3 Å². The molecule has 0 saturated carbocycles. The predicted octanol–water partition coefficient (Wildman–Crippen LogP) is 7.51. The SMILES string of the molecule is COc1cc(F)c(-c2ccc(NS(C)(=O)=O)cc2)cc1-c1cccc(-c2nc3cc(C(F)(F)F)c(F)cc3o2)c1. The van der Waals surface area contributed by atoms with Crippen molar-refractivity contribution in [2.75, 3.05) is 18.1 Å². The van der Waals surface area contributed by atoms with Crippen LogP contribution in [0, 0.1) is 11.6 Å². The highest BCUT2D eigenvalue weighted by molar-refractivity contribution is 7.92. The Hall–Kier alpha value is -4.45. The molecule has 12 heteroatoms. The van der Waals surface area contributed by atoms with Crippen LogP contribution in [0.2, 0.25) is 0 Å². The van der Waals surface area contributed by atoms with Crippen LogP contribution in [0.1, 0.15) is 5.56 Å². The molecule has 0 atom stereocenters. The van der Waals surface area contributed by atoms with Gasteiger partial charge < -0.3 is 9.15 Å². The van der Waals surface area contributed by atoms with E-state index in [2.05, 4.69) is 9.71 Å². The van der Waals surface area contributed by atoms with Gasteiger partial charge in [0.2, 0.25) is 15.9 Å². The molecule has 5 aromatic rings. The molecule has 0 amide bonds. The van der Waals surface area contributed by atoms with E-state index in [4.69, 9.17) is 9.15 Å². The van der Waals surface area contributed by atoms with Crippen LogP contribution in [-0.4, -0.2) is 26.8 Å². The average Bonchev–Trinajstić information content (AvgIpc) is 3.30. The highest BCUT2D eigenvalue weighted by atomic mass is 32.2. The first-order valence-electron chi connectivity index (χ1n) is 11.6. The molecule has 0 saturated heterocycles. The molecule has 0 aliphatic carbocycles. The lowest BCUT2D eigenvalue weighted by Crippen LogP contribution is -2.09. The number of rotatable bonds is 6. The first kappa shape index (κ1) is 27.1. The van der Waals surface area contributed by atoms with E-state index in [9.17, 15) is 26.0 Å². The summed E-state index contributed by atoms with van der Waals surface area (Å²) in [4.78, 5) is 4.12. The van der Waals surface area contributed by atoms with E-state index in [1.54, 1.807) is 42.5 Å². The number of hydrogen-bond acceptors (Lipinski definition) is 5. The number of halogens is 5. The molecule has 5 rings (SSSR count). The third kappa shape index (κ3) is 5.48. The fourth-order valence-electron chi connectivity index (χ4n) is 4.21. The maximum absolute atomic E-state index is 15.1. The number of sulfonamides is 1. The fourth-order valence-corrected chi connectivity index (χ4v) is 4.78. The molecule has 206 valence electrons. The number of ether oxygens (including phenoxy) is 1. The minimum atomic E-state index is -4.89. The lowest BCUT2D eigenvalue weighted by molar-refractivity contribution is -0.139. The van der Waals surface area contributed by atoms with Gasteiger partial charge >= 0.3 is 6.18 Å². The van der Waals surface area contributed by atoms with Crippen LogP contribution in [0.4, 0.5) is 27.6 Å². The number of nitrogens with zero attached hydrogens (tertiary/aromatic N) is 1. The second-order valence-electron chi connectivity index (χ2n) is 8.88. The minimum absolute atomic E-state index is 0.0363. The Bertz CT molecular complexity index is 1850. The maximum atomic E-state index is 15.1. The van der Waals surface area contributed by atoms with Crippen molar-refractivity contribution < 1.29 is 39.5 Å². The van der Waals surface area contributed by atoms with Gasteiger partial charge in [-0.15, -0.1) is 0 Å². The van der Waals surface area contributed by atoms with Crippen molar-refractivity contribution >= 4 is 26.8 Å². The van der Waals surface area contributed by atoms with Crippen LogP contribution >= 0.6 is 0 Å². The summed E-state index contributed by atoms with van der Waals surface area (Å²) in [5.41, 5.74) is 0.655. The zero-order valence-electron chi connectivity index (χ0n) is 20.8. The molecular formula is C28H19F5N2O4S. The molecule has 0 bridgehead atoms. The monoisotopic (exact) mass is 574 g/mol. The summed E-state index contributed by atoms with van der Waals surface area (Å²) in [7, 11) is -2.11. The summed E-state index contributed by atoms with van der Waals surface area (Å²) in [6.07, 6.45) is -3.87. The molecule has 0 radical (unpaired) electrons. The summed E-state index contributed by atoms with van der Waals surface area (Å²) in [6.45, 7) is 0. The van der Waals surface area contributed by atoms with Gasteiger partial charge in [0.05, 0.1) is 18.9 Å². The van der Waals surface area contributed by atoms with Crippen LogP contribution in [0.3, 0.4) is 0 Å². The lowest BCUT2D eigenvalue weighted by Gasteiger charge is -2.14. The Kier molecular flexibility index (Phi) is 6.74. The summed E-state index contributed by atoms with van der Waals surface area (Å²) in [5.74, 6) is -1.88. The normalized spacial score (nSPS) is 12.1. The smallest absolute Gasteiger partial charge is 0.419 e. The van der Waals surface area contributed by atoms with E-state index >= 15 is 4.39 Å². The van der Waals surface area contributed by atoms with E-state index < -0.39 is 33.4 Å². The number of alkyl halides is 3. The Morgan fingerprint density at radius 1 is 0.850 bits per heavy atom. The number of hydrogen-bond donors (Lipinski definition) is 1. The molecule has 0 aliphatic rings. The summed E-state index contributed by atoms with van der Waals surface area (Å²) in [5, 5.41) is 0. The molecule has 0 aliphatic heterocycles. The van der Waals surface area contributed by atoms with Crippen molar-refractivity contribution in [1.29, 1.82) is 0 Å². The zero-order chi connectivity index (χ0) is 28.8. The van der Waals surface area contributed by atoms with E-state index in [0.29, 0.717) is 40.1 Å². The van der Waals surface area contributed by atoms with Gasteiger partial charge in [-0.3, -0.25) is 4.72 Å². The molecule has 6 nitrogen and oxygen atoms in total. The van der Waals surface area contributed by atoms with Crippen molar-refractivity contribution in [3.8, 4) is 39.5 Å². The van der Waals surface area contributed by atoms with Crippen molar-refractivity contribution in [2.45, 2.75) is 6.18 Å². The number of aromatic nitrogens is 1. The number of oxazole rings is 1. The van der Waals surface area contributed by atoms with Gasteiger partial charge in [0.1, 0.15) is 22.9 Å². The Labute approximate surface area is 225 Å². The third-order valence-electron chi connectivity index (χ3n) is 5.99. The molecule has 0 unspecified atom stereocenters. The summed E-state index contributed by atoms with van der Waals surface area (Å²) in [6, 6.07) is 16.7. The van der Waals surface area contributed by atoms with Gasteiger partial charge in [0, 0.05) is 34.5 Å². The van der Waals surface area contributed by atoms with Crippen LogP contribution < -0.4 is 9.46 Å². The maximum Gasteiger partial charge on any atom is 0.419 e. The Morgan fingerprint density at radius 2 is 1.55 bits per heavy atom. The quantitative estimate of drug-likeness (QED) is 0.212. The van der Waals surface area contributed by atoms with Gasteiger partial charge in [0.15, 0.2) is 5.58 Å². The second kappa shape index (κ2) is 9.94. The van der Waals surface area contributed by atoms with Crippen LogP contribution in [0.25, 0.3) is 44.8 Å². The second-order valence-corrected chi connectivity index (χ2v) is 10.6.